The maximum absolute atomic E-state index is 12.2. The highest BCUT2D eigenvalue weighted by Crippen LogP contribution is 2.24. The van der Waals surface area contributed by atoms with Crippen LogP contribution in [0.15, 0.2) is 36.4 Å². The van der Waals surface area contributed by atoms with Gasteiger partial charge in [0.15, 0.2) is 0 Å². The van der Waals surface area contributed by atoms with Gasteiger partial charge in [-0.15, -0.1) is 11.3 Å². The molecule has 0 bridgehead atoms. The molecular weight excluding hydrogens is 384 g/mol. The van der Waals surface area contributed by atoms with Crippen molar-refractivity contribution in [1.82, 2.24) is 5.32 Å². The highest BCUT2D eigenvalue weighted by Gasteiger charge is 2.32. The molecule has 0 aliphatic carbocycles. The smallest absolute Gasteiger partial charge is 0.414 e. The van der Waals surface area contributed by atoms with Crippen molar-refractivity contribution < 1.29 is 24.2 Å². The molecule has 1 saturated heterocycles. The van der Waals surface area contributed by atoms with Crippen molar-refractivity contribution in [2.45, 2.75) is 6.10 Å². The largest absolute Gasteiger partial charge is 0.442 e. The third kappa shape index (κ3) is 4.59. The minimum absolute atomic E-state index is 0.207. The molecule has 1 fully saturated rings. The first-order valence-corrected chi connectivity index (χ1v) is 9.36. The molecule has 2 aromatic rings. The van der Waals surface area contributed by atoms with E-state index in [1.807, 2.05) is 6.07 Å². The molecule has 4 N–H and O–H groups in total. The van der Waals surface area contributed by atoms with Gasteiger partial charge in [0.1, 0.15) is 12.7 Å². The molecule has 10 heteroatoms. The number of anilines is 3. The van der Waals surface area contributed by atoms with E-state index in [2.05, 4.69) is 16.0 Å². The Labute approximate surface area is 165 Å². The summed E-state index contributed by atoms with van der Waals surface area (Å²) in [5, 5.41) is 17.9. The van der Waals surface area contributed by atoms with Gasteiger partial charge in [-0.2, -0.15) is 0 Å². The fourth-order valence-electron chi connectivity index (χ4n) is 2.65. The van der Waals surface area contributed by atoms with E-state index in [4.69, 9.17) is 9.84 Å². The van der Waals surface area contributed by atoms with E-state index >= 15 is 0 Å². The summed E-state index contributed by atoms with van der Waals surface area (Å²) in [4.78, 5) is 37.5. The highest BCUT2D eigenvalue weighted by atomic mass is 32.1. The van der Waals surface area contributed by atoms with Crippen LogP contribution in [-0.2, 0) is 9.53 Å². The quantitative estimate of drug-likeness (QED) is 0.555. The monoisotopic (exact) mass is 404 g/mol. The number of nitrogens with zero attached hydrogens (tertiary/aromatic N) is 1. The minimum atomic E-state index is -0.602. The number of ether oxygens (including phenoxy) is 1. The summed E-state index contributed by atoms with van der Waals surface area (Å²) in [6.45, 7) is -0.0957. The average Bonchev–Trinajstić information content (AvgIpc) is 3.33. The van der Waals surface area contributed by atoms with Crippen molar-refractivity contribution in [2.75, 3.05) is 42.3 Å². The second-order valence-corrected chi connectivity index (χ2v) is 7.08. The molecule has 28 heavy (non-hydrogen) atoms. The first-order valence-electron chi connectivity index (χ1n) is 8.55. The zero-order valence-corrected chi connectivity index (χ0v) is 15.9. The van der Waals surface area contributed by atoms with Gasteiger partial charge in [0.25, 0.3) is 5.91 Å². The van der Waals surface area contributed by atoms with Gasteiger partial charge in [0.05, 0.1) is 23.0 Å². The van der Waals surface area contributed by atoms with Crippen LogP contribution in [-0.4, -0.2) is 55.9 Å². The molecule has 1 aromatic heterocycles. The Bertz CT molecular complexity index is 867. The lowest BCUT2D eigenvalue weighted by atomic mass is 10.2. The highest BCUT2D eigenvalue weighted by molar-refractivity contribution is 7.17. The number of amides is 3. The summed E-state index contributed by atoms with van der Waals surface area (Å²) in [6, 6.07) is 10.1. The lowest BCUT2D eigenvalue weighted by Crippen LogP contribution is -2.34. The SMILES string of the molecule is CNc1ccc(C(=O)NC[C@H]2CN(c3ccc(NC(=O)CO)cc3)C(=O)O2)s1. The summed E-state index contributed by atoms with van der Waals surface area (Å²) >= 11 is 1.34. The zero-order valence-electron chi connectivity index (χ0n) is 15.1. The molecular formula is C18H20N4O5S. The second kappa shape index (κ2) is 8.72. The lowest BCUT2D eigenvalue weighted by Gasteiger charge is -2.14. The van der Waals surface area contributed by atoms with Crippen molar-refractivity contribution in [3.63, 3.8) is 0 Å². The molecule has 1 atom stereocenters. The number of aliphatic hydroxyl groups excluding tert-OH is 1. The molecule has 9 nitrogen and oxygen atoms in total. The van der Waals surface area contributed by atoms with Crippen molar-refractivity contribution in [3.05, 3.63) is 41.3 Å². The van der Waals surface area contributed by atoms with Crippen molar-refractivity contribution in [3.8, 4) is 0 Å². The number of carbonyl (C=O) groups is 3. The van der Waals surface area contributed by atoms with Gasteiger partial charge >= 0.3 is 6.09 Å². The van der Waals surface area contributed by atoms with E-state index in [1.165, 1.54) is 16.2 Å². The Hall–Kier alpha value is -3.11. The summed E-state index contributed by atoms with van der Waals surface area (Å²) in [5.74, 6) is -0.735. The molecule has 0 radical (unpaired) electrons. The molecule has 1 aliphatic rings. The molecule has 0 saturated carbocycles. The predicted molar refractivity (Wildman–Crippen MR) is 106 cm³/mol. The molecule has 3 amide bonds. The fraction of sp³-hybridized carbons (Fsp3) is 0.278. The van der Waals surface area contributed by atoms with Gasteiger partial charge in [-0.3, -0.25) is 14.5 Å². The zero-order chi connectivity index (χ0) is 20.1. The normalized spacial score (nSPS) is 15.9. The molecule has 0 spiro atoms. The van der Waals surface area contributed by atoms with Crippen LogP contribution in [0.3, 0.4) is 0 Å². The van der Waals surface area contributed by atoms with E-state index in [1.54, 1.807) is 37.4 Å². The number of hydrogen-bond donors (Lipinski definition) is 4. The number of carbonyl (C=O) groups excluding carboxylic acids is 3. The van der Waals surface area contributed by atoms with Crippen LogP contribution in [0.25, 0.3) is 0 Å². The summed E-state index contributed by atoms with van der Waals surface area (Å²) in [7, 11) is 1.78. The third-order valence-electron chi connectivity index (χ3n) is 4.05. The van der Waals surface area contributed by atoms with E-state index in [-0.39, 0.29) is 12.5 Å². The predicted octanol–water partition coefficient (Wildman–Crippen LogP) is 1.48. The summed E-state index contributed by atoms with van der Waals surface area (Å²) < 4.78 is 5.31. The van der Waals surface area contributed by atoms with Crippen LogP contribution >= 0.6 is 11.3 Å². The van der Waals surface area contributed by atoms with Crippen LogP contribution < -0.4 is 20.9 Å². The lowest BCUT2D eigenvalue weighted by molar-refractivity contribution is -0.118. The second-order valence-electron chi connectivity index (χ2n) is 5.99. The number of cyclic esters (lactones) is 1. The number of rotatable bonds is 7. The molecule has 1 aliphatic heterocycles. The Balaban J connectivity index is 1.54. The van der Waals surface area contributed by atoms with Crippen LogP contribution in [0.1, 0.15) is 9.67 Å². The van der Waals surface area contributed by atoms with Gasteiger partial charge < -0.3 is 25.8 Å². The molecule has 0 unspecified atom stereocenters. The molecule has 2 heterocycles. The van der Waals surface area contributed by atoms with Crippen LogP contribution in [0.4, 0.5) is 21.2 Å². The summed E-state index contributed by atoms with van der Waals surface area (Å²) in [6.07, 6.45) is -0.964. The topological polar surface area (TPSA) is 120 Å². The third-order valence-corrected chi connectivity index (χ3v) is 5.15. The molecule has 3 rings (SSSR count). The number of thiophene rings is 1. The van der Waals surface area contributed by atoms with Gasteiger partial charge in [-0.1, -0.05) is 0 Å². The Morgan fingerprint density at radius 2 is 2.00 bits per heavy atom. The molecule has 148 valence electrons. The van der Waals surface area contributed by atoms with E-state index in [9.17, 15) is 14.4 Å². The summed E-state index contributed by atoms with van der Waals surface area (Å²) in [5.41, 5.74) is 1.12. The van der Waals surface area contributed by atoms with Gasteiger partial charge in [-0.05, 0) is 36.4 Å². The first-order chi connectivity index (χ1) is 13.5. The van der Waals surface area contributed by atoms with Crippen molar-refractivity contribution >= 4 is 45.6 Å². The number of hydrogen-bond acceptors (Lipinski definition) is 7. The van der Waals surface area contributed by atoms with Crippen LogP contribution in [0.2, 0.25) is 0 Å². The van der Waals surface area contributed by atoms with Crippen LogP contribution in [0.5, 0.6) is 0 Å². The molecule has 1 aromatic carbocycles. The first kappa shape index (κ1) is 19.6. The van der Waals surface area contributed by atoms with E-state index in [0.717, 1.165) is 5.00 Å². The van der Waals surface area contributed by atoms with Crippen molar-refractivity contribution in [2.24, 2.45) is 0 Å². The fourth-order valence-corrected chi connectivity index (χ4v) is 3.43. The van der Waals surface area contributed by atoms with Crippen LogP contribution in [0, 0.1) is 0 Å². The van der Waals surface area contributed by atoms with Gasteiger partial charge in [0.2, 0.25) is 5.91 Å². The average molecular weight is 404 g/mol. The maximum atomic E-state index is 12.2. The Morgan fingerprint density at radius 1 is 1.25 bits per heavy atom. The number of aliphatic hydroxyl groups is 1. The Kier molecular flexibility index (Phi) is 6.12. The van der Waals surface area contributed by atoms with Gasteiger partial charge in [-0.25, -0.2) is 4.79 Å². The van der Waals surface area contributed by atoms with E-state index < -0.39 is 24.7 Å². The van der Waals surface area contributed by atoms with E-state index in [0.29, 0.717) is 22.8 Å². The number of benzene rings is 1. The minimum Gasteiger partial charge on any atom is -0.442 e. The van der Waals surface area contributed by atoms with Crippen molar-refractivity contribution in [1.29, 1.82) is 0 Å². The standard InChI is InChI=1S/C18H20N4O5S/c1-19-16-7-6-14(28-16)17(25)20-8-13-9-22(18(26)27-13)12-4-2-11(3-5-12)21-15(24)10-23/h2-7,13,19,23H,8-10H2,1H3,(H,20,25)(H,21,24)/t13-/m0/s1. The van der Waals surface area contributed by atoms with Gasteiger partial charge in [0, 0.05) is 18.4 Å². The maximum Gasteiger partial charge on any atom is 0.414 e. The Morgan fingerprint density at radius 3 is 2.64 bits per heavy atom. The number of nitrogens with one attached hydrogen (secondary N) is 3.